The van der Waals surface area contributed by atoms with Crippen molar-refractivity contribution >= 4 is 20.8 Å². The van der Waals surface area contributed by atoms with Crippen molar-refractivity contribution in [1.82, 2.24) is 9.71 Å². The minimum atomic E-state index is -3.52. The second-order valence-electron chi connectivity index (χ2n) is 7.94. The van der Waals surface area contributed by atoms with Crippen molar-refractivity contribution in [3.05, 3.63) is 34.6 Å². The van der Waals surface area contributed by atoms with Crippen LogP contribution in [-0.2, 0) is 22.9 Å². The molecule has 0 saturated heterocycles. The van der Waals surface area contributed by atoms with Gasteiger partial charge in [0.1, 0.15) is 0 Å². The Morgan fingerprint density at radius 2 is 1.96 bits per heavy atom. The van der Waals surface area contributed by atoms with Crippen LogP contribution < -0.4 is 4.72 Å². The number of aryl methyl sites for hydroxylation is 2. The van der Waals surface area contributed by atoms with E-state index in [0.717, 1.165) is 59.8 Å². The molecular formula is C20H26N2O2S. The van der Waals surface area contributed by atoms with E-state index >= 15 is 0 Å². The fraction of sp³-hybridized carbons (Fsp3) is 0.550. The lowest BCUT2D eigenvalue weighted by Crippen LogP contribution is -2.28. The van der Waals surface area contributed by atoms with Gasteiger partial charge in [0.25, 0.3) is 0 Å². The minimum absolute atomic E-state index is 0.281. The van der Waals surface area contributed by atoms with Crippen molar-refractivity contribution in [2.45, 2.75) is 63.7 Å². The van der Waals surface area contributed by atoms with Crippen LogP contribution in [0.4, 0.5) is 0 Å². The number of aromatic nitrogens is 1. The molecule has 0 unspecified atom stereocenters. The van der Waals surface area contributed by atoms with Crippen LogP contribution in [0.2, 0.25) is 0 Å². The Labute approximate surface area is 150 Å². The van der Waals surface area contributed by atoms with Crippen molar-refractivity contribution in [3.63, 3.8) is 0 Å². The Morgan fingerprint density at radius 1 is 1.20 bits per heavy atom. The van der Waals surface area contributed by atoms with Gasteiger partial charge in [0.15, 0.2) is 0 Å². The molecule has 2 aliphatic carbocycles. The van der Waals surface area contributed by atoms with E-state index in [-0.39, 0.29) is 5.92 Å². The van der Waals surface area contributed by atoms with Crippen molar-refractivity contribution in [2.75, 3.05) is 6.54 Å². The van der Waals surface area contributed by atoms with Crippen LogP contribution in [0, 0.1) is 12.8 Å². The van der Waals surface area contributed by atoms with E-state index in [2.05, 4.69) is 10.8 Å². The fourth-order valence-electron chi connectivity index (χ4n) is 3.84. The number of hydrogen-bond acceptors (Lipinski definition) is 3. The van der Waals surface area contributed by atoms with Crippen LogP contribution in [0.1, 0.15) is 61.5 Å². The molecule has 0 aliphatic heterocycles. The van der Waals surface area contributed by atoms with Gasteiger partial charge in [0.05, 0.1) is 4.90 Å². The monoisotopic (exact) mass is 358 g/mol. The highest BCUT2D eigenvalue weighted by Crippen LogP contribution is 2.42. The van der Waals surface area contributed by atoms with E-state index in [4.69, 9.17) is 4.98 Å². The van der Waals surface area contributed by atoms with Gasteiger partial charge >= 0.3 is 0 Å². The van der Waals surface area contributed by atoms with Gasteiger partial charge < -0.3 is 0 Å². The first-order valence-electron chi connectivity index (χ1n) is 9.32. The quantitative estimate of drug-likeness (QED) is 0.883. The smallest absolute Gasteiger partial charge is 0.241 e. The average molecular weight is 359 g/mol. The second-order valence-corrected chi connectivity index (χ2v) is 9.65. The summed E-state index contributed by atoms with van der Waals surface area (Å²) in [6.45, 7) is 6.52. The summed E-state index contributed by atoms with van der Waals surface area (Å²) in [5.74, 6) is 0.791. The highest BCUT2D eigenvalue weighted by Gasteiger charge is 2.30. The molecule has 0 amide bonds. The first-order chi connectivity index (χ1) is 11.9. The van der Waals surface area contributed by atoms with Gasteiger partial charge in [-0.1, -0.05) is 13.8 Å². The summed E-state index contributed by atoms with van der Waals surface area (Å²) in [5, 5.41) is 1.86. The molecule has 1 aromatic heterocycles. The van der Waals surface area contributed by atoms with Crippen LogP contribution in [-0.4, -0.2) is 19.9 Å². The van der Waals surface area contributed by atoms with Gasteiger partial charge in [0.2, 0.25) is 10.0 Å². The van der Waals surface area contributed by atoms with E-state index in [1.807, 2.05) is 26.8 Å². The molecule has 1 N–H and O–H groups in total. The van der Waals surface area contributed by atoms with Crippen molar-refractivity contribution in [1.29, 1.82) is 0 Å². The zero-order valence-electron chi connectivity index (χ0n) is 15.2. The Bertz CT molecular complexity index is 944. The topological polar surface area (TPSA) is 59.1 Å². The highest BCUT2D eigenvalue weighted by molar-refractivity contribution is 7.89. The zero-order valence-corrected chi connectivity index (χ0v) is 16.0. The third-order valence-electron chi connectivity index (χ3n) is 5.31. The molecule has 134 valence electrons. The lowest BCUT2D eigenvalue weighted by molar-refractivity contribution is 0.560. The number of pyridine rings is 1. The van der Waals surface area contributed by atoms with Gasteiger partial charge in [-0.3, -0.25) is 4.98 Å². The van der Waals surface area contributed by atoms with Gasteiger partial charge in [-0.2, -0.15) is 0 Å². The predicted molar refractivity (Wildman–Crippen MR) is 101 cm³/mol. The molecule has 2 aliphatic rings. The van der Waals surface area contributed by atoms with Crippen molar-refractivity contribution < 1.29 is 8.42 Å². The maximum atomic E-state index is 13.2. The molecule has 1 fully saturated rings. The van der Waals surface area contributed by atoms with Crippen LogP contribution in [0.15, 0.2) is 17.0 Å². The highest BCUT2D eigenvalue weighted by atomic mass is 32.2. The van der Waals surface area contributed by atoms with E-state index in [9.17, 15) is 8.42 Å². The molecule has 25 heavy (non-hydrogen) atoms. The number of nitrogens with one attached hydrogen (secondary N) is 1. The van der Waals surface area contributed by atoms with Gasteiger partial charge in [0, 0.05) is 34.6 Å². The van der Waals surface area contributed by atoms with Crippen molar-refractivity contribution in [3.8, 4) is 0 Å². The maximum Gasteiger partial charge on any atom is 0.241 e. The van der Waals surface area contributed by atoms with Crippen LogP contribution in [0.3, 0.4) is 0 Å². The van der Waals surface area contributed by atoms with Gasteiger partial charge in [-0.15, -0.1) is 0 Å². The molecule has 0 spiro atoms. The number of rotatable bonds is 5. The molecule has 1 heterocycles. The number of hydrogen-bond donors (Lipinski definition) is 1. The van der Waals surface area contributed by atoms with Gasteiger partial charge in [-0.25, -0.2) is 13.1 Å². The number of nitrogens with zero attached hydrogens (tertiary/aromatic N) is 1. The predicted octanol–water partition coefficient (Wildman–Crippen LogP) is 3.84. The van der Waals surface area contributed by atoms with E-state index in [0.29, 0.717) is 17.4 Å². The van der Waals surface area contributed by atoms with E-state index < -0.39 is 10.0 Å². The molecule has 0 atom stereocenters. The summed E-state index contributed by atoms with van der Waals surface area (Å²) < 4.78 is 29.2. The summed E-state index contributed by atoms with van der Waals surface area (Å²) in [6, 6.07) is 4.22. The molecule has 5 heteroatoms. The Hall–Kier alpha value is -1.46. The lowest BCUT2D eigenvalue weighted by atomic mass is 10.0. The first kappa shape index (κ1) is 17.0. The molecular weight excluding hydrogens is 332 g/mol. The Balaban J connectivity index is 1.97. The van der Waals surface area contributed by atoms with Crippen LogP contribution >= 0.6 is 0 Å². The maximum absolute atomic E-state index is 13.2. The molecule has 1 aromatic carbocycles. The SMILES string of the molecule is Cc1nc(C2CC2)cc2c(S(=O)(=O)NCC(C)C)c3c(cc12)CCC3. The fourth-order valence-corrected chi connectivity index (χ4v) is 5.56. The average Bonchev–Trinajstić information content (AvgIpc) is 3.29. The minimum Gasteiger partial charge on any atom is -0.257 e. The standard InChI is InChI=1S/C20H26N2O2S/c1-12(2)11-21-25(23,24)20-16-6-4-5-15(16)9-17-13(3)22-19(10-18(17)20)14-7-8-14/h9-10,12,14,21H,4-8,11H2,1-3H3. The molecule has 1 saturated carbocycles. The Kier molecular flexibility index (Phi) is 4.12. The van der Waals surface area contributed by atoms with E-state index in [1.165, 1.54) is 5.56 Å². The largest absolute Gasteiger partial charge is 0.257 e. The summed E-state index contributed by atoms with van der Waals surface area (Å²) in [6.07, 6.45) is 5.17. The molecule has 2 aromatic rings. The molecule has 4 nitrogen and oxygen atoms in total. The normalized spacial score (nSPS) is 17.4. The summed E-state index contributed by atoms with van der Waals surface area (Å²) in [4.78, 5) is 5.29. The molecule has 0 bridgehead atoms. The summed E-state index contributed by atoms with van der Waals surface area (Å²) >= 11 is 0. The van der Waals surface area contributed by atoms with E-state index in [1.54, 1.807) is 0 Å². The van der Waals surface area contributed by atoms with Crippen LogP contribution in [0.5, 0.6) is 0 Å². The van der Waals surface area contributed by atoms with Crippen LogP contribution in [0.25, 0.3) is 10.8 Å². The molecule has 0 radical (unpaired) electrons. The number of benzene rings is 1. The van der Waals surface area contributed by atoms with Gasteiger partial charge in [-0.05, 0) is 68.2 Å². The third-order valence-corrected chi connectivity index (χ3v) is 6.86. The number of sulfonamides is 1. The van der Waals surface area contributed by atoms with Crippen molar-refractivity contribution in [2.24, 2.45) is 5.92 Å². The second kappa shape index (κ2) is 6.06. The lowest BCUT2D eigenvalue weighted by Gasteiger charge is -2.17. The first-order valence-corrected chi connectivity index (χ1v) is 10.8. The summed E-state index contributed by atoms with van der Waals surface area (Å²) in [5.41, 5.74) is 4.22. The zero-order chi connectivity index (χ0) is 17.8. The summed E-state index contributed by atoms with van der Waals surface area (Å²) in [7, 11) is -3.52. The molecule has 4 rings (SSSR count). The number of fused-ring (bicyclic) bond motifs is 2. The Morgan fingerprint density at radius 3 is 2.64 bits per heavy atom. The third kappa shape index (κ3) is 3.08.